The predicted molar refractivity (Wildman–Crippen MR) is 105 cm³/mol. The molecule has 0 radical (unpaired) electrons. The highest BCUT2D eigenvalue weighted by molar-refractivity contribution is 7.71. The molecule has 1 saturated heterocycles. The third-order valence-electron chi connectivity index (χ3n) is 4.81. The molecule has 8 heteroatoms. The number of nitrogens with one attached hydrogen (secondary N) is 2. The zero-order valence-electron chi connectivity index (χ0n) is 14.8. The minimum atomic E-state index is -0.469. The van der Waals surface area contributed by atoms with Gasteiger partial charge in [-0.25, -0.2) is 4.39 Å². The van der Waals surface area contributed by atoms with Crippen LogP contribution in [0.4, 0.5) is 10.1 Å². The fourth-order valence-electron chi connectivity index (χ4n) is 3.49. The molecule has 0 bridgehead atoms. The number of hydrogen-bond donors (Lipinski definition) is 2. The Hall–Kier alpha value is -2.87. The highest BCUT2D eigenvalue weighted by Gasteiger charge is 2.25. The van der Waals surface area contributed by atoms with E-state index in [9.17, 15) is 9.18 Å². The molecule has 2 aromatic carbocycles. The van der Waals surface area contributed by atoms with Gasteiger partial charge in [0.2, 0.25) is 0 Å². The van der Waals surface area contributed by atoms with Crippen LogP contribution in [0, 0.1) is 10.6 Å². The number of benzene rings is 2. The second kappa shape index (κ2) is 7.03. The van der Waals surface area contributed by atoms with E-state index in [1.165, 1.54) is 12.1 Å². The Labute approximate surface area is 160 Å². The molecule has 1 aliphatic heterocycles. The first-order chi connectivity index (χ1) is 13.1. The molecule has 2 heterocycles. The van der Waals surface area contributed by atoms with Gasteiger partial charge in [-0.2, -0.15) is 0 Å². The van der Waals surface area contributed by atoms with Crippen LogP contribution in [0.5, 0.6) is 5.75 Å². The average molecular weight is 386 g/mol. The predicted octanol–water partition coefficient (Wildman–Crippen LogP) is 3.34. The van der Waals surface area contributed by atoms with Gasteiger partial charge in [-0.1, -0.05) is 12.1 Å². The van der Waals surface area contributed by atoms with Crippen molar-refractivity contribution in [1.29, 1.82) is 0 Å². The van der Waals surface area contributed by atoms with E-state index in [1.807, 2.05) is 24.3 Å². The van der Waals surface area contributed by atoms with E-state index in [1.54, 1.807) is 12.0 Å². The second-order valence-corrected chi connectivity index (χ2v) is 6.81. The minimum absolute atomic E-state index is 0.204. The molecule has 0 unspecified atom stereocenters. The van der Waals surface area contributed by atoms with Crippen molar-refractivity contribution in [3.63, 3.8) is 0 Å². The number of methoxy groups -OCH3 is 1. The highest BCUT2D eigenvalue weighted by Crippen LogP contribution is 2.29. The quantitative estimate of drug-likeness (QED) is 0.678. The van der Waals surface area contributed by atoms with Crippen LogP contribution in [0.25, 0.3) is 11.0 Å². The molecule has 1 amide bonds. The summed E-state index contributed by atoms with van der Waals surface area (Å²) in [7, 11) is 1.65. The first-order valence-corrected chi connectivity index (χ1v) is 9.06. The molecule has 0 aliphatic carbocycles. The van der Waals surface area contributed by atoms with Crippen LogP contribution in [0.3, 0.4) is 0 Å². The van der Waals surface area contributed by atoms with E-state index >= 15 is 0 Å². The lowest BCUT2D eigenvalue weighted by molar-refractivity contribution is 0.0748. The van der Waals surface area contributed by atoms with E-state index in [2.05, 4.69) is 14.9 Å². The molecule has 140 valence electrons. The summed E-state index contributed by atoms with van der Waals surface area (Å²) >= 11 is 5.08. The number of halogens is 1. The fourth-order valence-corrected chi connectivity index (χ4v) is 3.70. The lowest BCUT2D eigenvalue weighted by Gasteiger charge is -2.36. The number of nitrogens with zero attached hydrogens (tertiary/aromatic N) is 2. The highest BCUT2D eigenvalue weighted by atomic mass is 32.1. The normalized spacial score (nSPS) is 14.6. The van der Waals surface area contributed by atoms with Crippen molar-refractivity contribution in [2.75, 3.05) is 38.2 Å². The van der Waals surface area contributed by atoms with Crippen LogP contribution in [-0.4, -0.2) is 54.1 Å². The van der Waals surface area contributed by atoms with Crippen LogP contribution in [0.15, 0.2) is 36.4 Å². The number of hydrogen-bond acceptors (Lipinski definition) is 4. The number of carbonyl (C=O) groups excluding carboxylic acids is 1. The maximum Gasteiger partial charge on any atom is 0.256 e. The summed E-state index contributed by atoms with van der Waals surface area (Å²) in [6.45, 7) is 2.43. The molecule has 0 spiro atoms. The fraction of sp³-hybridized carbons (Fsp3) is 0.263. The summed E-state index contributed by atoms with van der Waals surface area (Å²) in [5.74, 6) is 0.136. The Bertz CT molecular complexity index is 1050. The lowest BCUT2D eigenvalue weighted by atomic mass is 10.1. The number of H-pyrrole nitrogens is 2. The number of ether oxygens (including phenoxy) is 1. The summed E-state index contributed by atoms with van der Waals surface area (Å²) in [6.07, 6.45) is 0. The van der Waals surface area contributed by atoms with E-state index in [0.29, 0.717) is 47.5 Å². The molecule has 1 aliphatic rings. The lowest BCUT2D eigenvalue weighted by Crippen LogP contribution is -2.49. The topological polar surface area (TPSA) is 64.4 Å². The molecular weight excluding hydrogens is 367 g/mol. The Morgan fingerprint density at radius 1 is 1.15 bits per heavy atom. The van der Waals surface area contributed by atoms with Gasteiger partial charge < -0.3 is 24.5 Å². The SMILES string of the molecule is COc1ccccc1N1CCN(C(=O)c2cc(F)cc3[nH]c(=S)[nH]c23)CC1. The number of para-hydroxylation sites is 2. The van der Waals surface area contributed by atoms with Crippen molar-refractivity contribution in [2.45, 2.75) is 0 Å². The molecule has 27 heavy (non-hydrogen) atoms. The Morgan fingerprint density at radius 2 is 1.89 bits per heavy atom. The Morgan fingerprint density at radius 3 is 2.63 bits per heavy atom. The summed E-state index contributed by atoms with van der Waals surface area (Å²) < 4.78 is 19.7. The molecule has 1 fully saturated rings. The first-order valence-electron chi connectivity index (χ1n) is 8.65. The van der Waals surface area contributed by atoms with Gasteiger partial charge in [0, 0.05) is 26.2 Å². The van der Waals surface area contributed by atoms with Crippen LogP contribution >= 0.6 is 12.2 Å². The molecule has 6 nitrogen and oxygen atoms in total. The molecule has 1 aromatic heterocycles. The second-order valence-electron chi connectivity index (χ2n) is 6.41. The number of aromatic nitrogens is 2. The molecule has 2 N–H and O–H groups in total. The third kappa shape index (κ3) is 3.28. The van der Waals surface area contributed by atoms with Gasteiger partial charge in [0.15, 0.2) is 4.77 Å². The number of amides is 1. The summed E-state index contributed by atoms with van der Waals surface area (Å²) in [5.41, 5.74) is 2.34. The molecule has 0 saturated carbocycles. The van der Waals surface area contributed by atoms with Crippen molar-refractivity contribution >= 4 is 34.8 Å². The molecule has 3 aromatic rings. The number of anilines is 1. The van der Waals surface area contributed by atoms with E-state index in [0.717, 1.165) is 11.4 Å². The zero-order valence-corrected chi connectivity index (χ0v) is 15.6. The largest absolute Gasteiger partial charge is 0.495 e. The number of aromatic amines is 2. The van der Waals surface area contributed by atoms with Crippen LogP contribution in [0.2, 0.25) is 0 Å². The first kappa shape index (κ1) is 17.5. The summed E-state index contributed by atoms with van der Waals surface area (Å²) in [4.78, 5) is 22.7. The van der Waals surface area contributed by atoms with Crippen molar-refractivity contribution in [2.24, 2.45) is 0 Å². The maximum absolute atomic E-state index is 13.9. The van der Waals surface area contributed by atoms with Crippen LogP contribution < -0.4 is 9.64 Å². The number of fused-ring (bicyclic) bond motifs is 1. The Balaban J connectivity index is 1.55. The Kier molecular flexibility index (Phi) is 4.57. The van der Waals surface area contributed by atoms with Gasteiger partial charge in [0.1, 0.15) is 11.6 Å². The van der Waals surface area contributed by atoms with Crippen molar-refractivity contribution in [1.82, 2.24) is 14.9 Å². The standard InChI is InChI=1S/C19H19FN4O2S/c1-26-16-5-3-2-4-15(16)23-6-8-24(9-7-23)18(25)13-10-12(20)11-14-17(13)22-19(27)21-14/h2-5,10-11H,6-9H2,1H3,(H2,21,22,27). The van der Waals surface area contributed by atoms with E-state index in [4.69, 9.17) is 17.0 Å². The monoisotopic (exact) mass is 386 g/mol. The number of rotatable bonds is 3. The van der Waals surface area contributed by atoms with Crippen molar-refractivity contribution in [3.8, 4) is 5.75 Å². The smallest absolute Gasteiger partial charge is 0.256 e. The molecule has 4 rings (SSSR count). The number of imidazole rings is 1. The van der Waals surface area contributed by atoms with E-state index in [-0.39, 0.29) is 5.91 Å². The molecular formula is C19H19FN4O2S. The summed E-state index contributed by atoms with van der Waals surface area (Å²) in [5, 5.41) is 0. The molecule has 0 atom stereocenters. The van der Waals surface area contributed by atoms with Crippen LogP contribution in [0.1, 0.15) is 10.4 Å². The van der Waals surface area contributed by atoms with Gasteiger partial charge >= 0.3 is 0 Å². The van der Waals surface area contributed by atoms with Crippen molar-refractivity contribution in [3.05, 3.63) is 52.5 Å². The maximum atomic E-state index is 13.9. The third-order valence-corrected chi connectivity index (χ3v) is 5.02. The van der Waals surface area contributed by atoms with Crippen LogP contribution in [-0.2, 0) is 0 Å². The van der Waals surface area contributed by atoms with Gasteiger partial charge in [-0.05, 0) is 36.5 Å². The number of carbonyl (C=O) groups is 1. The van der Waals surface area contributed by atoms with Gasteiger partial charge in [-0.15, -0.1) is 0 Å². The average Bonchev–Trinajstić information content (AvgIpc) is 3.06. The number of piperazine rings is 1. The zero-order chi connectivity index (χ0) is 19.0. The van der Waals surface area contributed by atoms with Gasteiger partial charge in [0.25, 0.3) is 5.91 Å². The van der Waals surface area contributed by atoms with E-state index < -0.39 is 5.82 Å². The van der Waals surface area contributed by atoms with Gasteiger partial charge in [0.05, 0.1) is 29.4 Å². The minimum Gasteiger partial charge on any atom is -0.495 e. The van der Waals surface area contributed by atoms with Gasteiger partial charge in [-0.3, -0.25) is 4.79 Å². The summed E-state index contributed by atoms with van der Waals surface area (Å²) in [6, 6.07) is 10.4. The van der Waals surface area contributed by atoms with Crippen molar-refractivity contribution < 1.29 is 13.9 Å².